The Hall–Kier alpha value is -2.87. The van der Waals surface area contributed by atoms with Crippen molar-refractivity contribution in [3.05, 3.63) is 59.2 Å². The molecule has 1 aromatic heterocycles. The number of ether oxygens (including phenoxy) is 1. The highest BCUT2D eigenvalue weighted by Crippen LogP contribution is 2.27. The van der Waals surface area contributed by atoms with E-state index in [9.17, 15) is 4.79 Å². The normalized spacial score (nSPS) is 11.9. The molecular weight excluding hydrogens is 386 g/mol. The standard InChI is InChI=1S/C21H25N5O2S/c1-5-16-7-9-17(10-8-16)15(3)22-20(27)13-29-21-23-24-25-26(21)18-12-14(2)6-11-19(18)28-4/h6-12,15H,5,13H2,1-4H3,(H,22,27). The molecule has 152 valence electrons. The molecule has 0 bridgehead atoms. The topological polar surface area (TPSA) is 81.9 Å². The van der Waals surface area contributed by atoms with Crippen LogP contribution in [0.5, 0.6) is 5.75 Å². The molecule has 1 amide bonds. The molecule has 1 atom stereocenters. The molecular formula is C21H25N5O2S. The summed E-state index contributed by atoms with van der Waals surface area (Å²) in [4.78, 5) is 12.4. The summed E-state index contributed by atoms with van der Waals surface area (Å²) in [6, 6.07) is 14.0. The average Bonchev–Trinajstić information content (AvgIpc) is 3.20. The molecule has 0 aliphatic heterocycles. The van der Waals surface area contributed by atoms with E-state index in [2.05, 4.69) is 52.0 Å². The summed E-state index contributed by atoms with van der Waals surface area (Å²) in [6.45, 7) is 6.09. The second-order valence-electron chi connectivity index (χ2n) is 6.72. The van der Waals surface area contributed by atoms with Gasteiger partial charge in [0.25, 0.3) is 0 Å². The number of tetrazole rings is 1. The van der Waals surface area contributed by atoms with E-state index in [4.69, 9.17) is 4.74 Å². The van der Waals surface area contributed by atoms with Crippen molar-refractivity contribution in [2.75, 3.05) is 12.9 Å². The van der Waals surface area contributed by atoms with E-state index in [1.165, 1.54) is 17.3 Å². The molecule has 0 spiro atoms. The first-order valence-corrected chi connectivity index (χ1v) is 10.4. The lowest BCUT2D eigenvalue weighted by molar-refractivity contribution is -0.119. The molecule has 0 saturated heterocycles. The number of hydrogen-bond acceptors (Lipinski definition) is 6. The minimum Gasteiger partial charge on any atom is -0.494 e. The van der Waals surface area contributed by atoms with Gasteiger partial charge in [0.1, 0.15) is 11.4 Å². The molecule has 1 N–H and O–H groups in total. The van der Waals surface area contributed by atoms with Crippen LogP contribution in [-0.2, 0) is 11.2 Å². The lowest BCUT2D eigenvalue weighted by Gasteiger charge is -2.15. The maximum Gasteiger partial charge on any atom is 0.230 e. The smallest absolute Gasteiger partial charge is 0.230 e. The van der Waals surface area contributed by atoms with Gasteiger partial charge in [-0.1, -0.05) is 49.0 Å². The Morgan fingerprint density at radius 3 is 2.69 bits per heavy atom. The van der Waals surface area contributed by atoms with Gasteiger partial charge in [0.05, 0.1) is 18.9 Å². The van der Waals surface area contributed by atoms with Crippen molar-refractivity contribution < 1.29 is 9.53 Å². The minimum atomic E-state index is -0.0761. The van der Waals surface area contributed by atoms with Crippen molar-refractivity contribution in [3.8, 4) is 11.4 Å². The van der Waals surface area contributed by atoms with Gasteiger partial charge in [-0.05, 0) is 59.5 Å². The number of thioether (sulfide) groups is 1. The Bertz CT molecular complexity index is 971. The Labute approximate surface area is 174 Å². The molecule has 1 unspecified atom stereocenters. The first-order chi connectivity index (χ1) is 14.0. The molecule has 0 fully saturated rings. The predicted molar refractivity (Wildman–Crippen MR) is 114 cm³/mol. The van der Waals surface area contributed by atoms with Crippen LogP contribution in [0.2, 0.25) is 0 Å². The molecule has 0 saturated carbocycles. The van der Waals surface area contributed by atoms with E-state index < -0.39 is 0 Å². The van der Waals surface area contributed by atoms with E-state index in [1.54, 1.807) is 11.8 Å². The number of carbonyl (C=O) groups excluding carboxylic acids is 1. The summed E-state index contributed by atoms with van der Waals surface area (Å²) < 4.78 is 7.01. The summed E-state index contributed by atoms with van der Waals surface area (Å²) in [6.07, 6.45) is 0.998. The van der Waals surface area contributed by atoms with E-state index >= 15 is 0 Å². The Kier molecular flexibility index (Phi) is 6.87. The molecule has 29 heavy (non-hydrogen) atoms. The van der Waals surface area contributed by atoms with Crippen LogP contribution >= 0.6 is 11.8 Å². The number of hydrogen-bond donors (Lipinski definition) is 1. The second-order valence-corrected chi connectivity index (χ2v) is 7.66. The first kappa shape index (κ1) is 20.9. The highest BCUT2D eigenvalue weighted by atomic mass is 32.2. The number of nitrogens with zero attached hydrogens (tertiary/aromatic N) is 4. The predicted octanol–water partition coefficient (Wildman–Crippen LogP) is 3.51. The molecule has 0 aliphatic carbocycles. The molecule has 1 heterocycles. The summed E-state index contributed by atoms with van der Waals surface area (Å²) in [5.74, 6) is 0.803. The second kappa shape index (κ2) is 9.56. The van der Waals surface area contributed by atoms with E-state index in [1.807, 2.05) is 32.0 Å². The maximum atomic E-state index is 12.4. The zero-order valence-corrected chi connectivity index (χ0v) is 17.9. The zero-order chi connectivity index (χ0) is 20.8. The number of aromatic nitrogens is 4. The maximum absolute atomic E-state index is 12.4. The van der Waals surface area contributed by atoms with Gasteiger partial charge in [0.15, 0.2) is 0 Å². The molecule has 7 nitrogen and oxygen atoms in total. The van der Waals surface area contributed by atoms with Gasteiger partial charge in [-0.25, -0.2) is 0 Å². The van der Waals surface area contributed by atoms with Gasteiger partial charge in [0, 0.05) is 0 Å². The van der Waals surface area contributed by atoms with Crippen LogP contribution in [0.3, 0.4) is 0 Å². The fraction of sp³-hybridized carbons (Fsp3) is 0.333. The first-order valence-electron chi connectivity index (χ1n) is 9.46. The van der Waals surface area contributed by atoms with Crippen molar-refractivity contribution in [1.82, 2.24) is 25.5 Å². The third-order valence-electron chi connectivity index (χ3n) is 4.60. The fourth-order valence-corrected chi connectivity index (χ4v) is 3.62. The highest BCUT2D eigenvalue weighted by molar-refractivity contribution is 7.99. The number of nitrogens with one attached hydrogen (secondary N) is 1. The van der Waals surface area contributed by atoms with Crippen molar-refractivity contribution in [3.63, 3.8) is 0 Å². The van der Waals surface area contributed by atoms with E-state index in [-0.39, 0.29) is 17.7 Å². The van der Waals surface area contributed by atoms with Gasteiger partial charge in [-0.3, -0.25) is 4.79 Å². The third-order valence-corrected chi connectivity index (χ3v) is 5.52. The Morgan fingerprint density at radius 1 is 1.24 bits per heavy atom. The van der Waals surface area contributed by atoms with Crippen LogP contribution < -0.4 is 10.1 Å². The largest absolute Gasteiger partial charge is 0.494 e. The van der Waals surface area contributed by atoms with Crippen molar-refractivity contribution >= 4 is 17.7 Å². The van der Waals surface area contributed by atoms with Gasteiger partial charge in [-0.15, -0.1) is 5.10 Å². The fourth-order valence-electron chi connectivity index (χ4n) is 2.92. The number of benzene rings is 2. The lowest BCUT2D eigenvalue weighted by atomic mass is 10.1. The highest BCUT2D eigenvalue weighted by Gasteiger charge is 2.16. The van der Waals surface area contributed by atoms with E-state index in [0.717, 1.165) is 23.2 Å². The number of aryl methyl sites for hydroxylation is 2. The molecule has 0 aliphatic rings. The van der Waals surface area contributed by atoms with Gasteiger partial charge in [-0.2, -0.15) is 4.68 Å². The van der Waals surface area contributed by atoms with Crippen molar-refractivity contribution in [2.24, 2.45) is 0 Å². The SMILES string of the molecule is CCc1ccc(C(C)NC(=O)CSc2nnnn2-c2cc(C)ccc2OC)cc1. The van der Waals surface area contributed by atoms with Crippen LogP contribution in [0.1, 0.15) is 36.6 Å². The van der Waals surface area contributed by atoms with Gasteiger partial charge < -0.3 is 10.1 Å². The van der Waals surface area contributed by atoms with Crippen LogP contribution in [0.25, 0.3) is 5.69 Å². The number of carbonyl (C=O) groups is 1. The minimum absolute atomic E-state index is 0.0677. The Balaban J connectivity index is 1.64. The summed E-state index contributed by atoms with van der Waals surface area (Å²) in [5.41, 5.74) is 4.16. The number of amides is 1. The number of methoxy groups -OCH3 is 1. The number of rotatable bonds is 8. The Morgan fingerprint density at radius 2 is 2.00 bits per heavy atom. The summed E-state index contributed by atoms with van der Waals surface area (Å²) in [7, 11) is 1.60. The summed E-state index contributed by atoms with van der Waals surface area (Å²) >= 11 is 1.28. The van der Waals surface area contributed by atoms with Crippen LogP contribution in [-0.4, -0.2) is 39.0 Å². The average molecular weight is 412 g/mol. The summed E-state index contributed by atoms with van der Waals surface area (Å²) in [5, 5.41) is 15.4. The third kappa shape index (κ3) is 5.14. The van der Waals surface area contributed by atoms with Crippen LogP contribution in [0.15, 0.2) is 47.6 Å². The molecule has 0 radical (unpaired) electrons. The quantitative estimate of drug-likeness (QED) is 0.571. The van der Waals surface area contributed by atoms with E-state index in [0.29, 0.717) is 10.9 Å². The molecule has 3 rings (SSSR count). The van der Waals surface area contributed by atoms with Crippen LogP contribution in [0.4, 0.5) is 0 Å². The molecule has 8 heteroatoms. The monoisotopic (exact) mass is 411 g/mol. The molecule has 3 aromatic rings. The van der Waals surface area contributed by atoms with Crippen molar-refractivity contribution in [1.29, 1.82) is 0 Å². The lowest BCUT2D eigenvalue weighted by Crippen LogP contribution is -2.28. The zero-order valence-electron chi connectivity index (χ0n) is 17.0. The van der Waals surface area contributed by atoms with Crippen LogP contribution in [0, 0.1) is 6.92 Å². The van der Waals surface area contributed by atoms with Crippen molar-refractivity contribution in [2.45, 2.75) is 38.4 Å². The van der Waals surface area contributed by atoms with Gasteiger partial charge in [0.2, 0.25) is 11.1 Å². The molecule has 2 aromatic carbocycles. The van der Waals surface area contributed by atoms with Gasteiger partial charge >= 0.3 is 0 Å².